The third-order valence-corrected chi connectivity index (χ3v) is 20.2. The van der Waals surface area contributed by atoms with Crippen LogP contribution in [0.4, 0.5) is 17.1 Å². The van der Waals surface area contributed by atoms with Crippen LogP contribution in [0.25, 0.3) is 55.6 Å². The molecule has 322 valence electrons. The number of hydrogen-bond acceptors (Lipinski definition) is 1. The summed E-state index contributed by atoms with van der Waals surface area (Å²) in [7, 11) is -2.72. The second-order valence-electron chi connectivity index (χ2n) is 18.7. The molecule has 0 unspecified atom stereocenters. The number of anilines is 3. The third kappa shape index (κ3) is 5.70. The van der Waals surface area contributed by atoms with Crippen molar-refractivity contribution >= 4 is 45.9 Å². The molecule has 11 aromatic rings. The van der Waals surface area contributed by atoms with Crippen molar-refractivity contribution in [2.24, 2.45) is 0 Å². The molecule has 14 rings (SSSR count). The predicted octanol–water partition coefficient (Wildman–Crippen LogP) is 14.2. The van der Waals surface area contributed by atoms with E-state index in [0.717, 1.165) is 17.1 Å². The minimum Gasteiger partial charge on any atom is -0.311 e. The van der Waals surface area contributed by atoms with Gasteiger partial charge < -0.3 is 4.90 Å². The van der Waals surface area contributed by atoms with Crippen molar-refractivity contribution in [1.29, 1.82) is 0 Å². The van der Waals surface area contributed by atoms with Gasteiger partial charge in [-0.05, 0) is 141 Å². The van der Waals surface area contributed by atoms with Crippen LogP contribution in [-0.4, -0.2) is 8.07 Å². The Morgan fingerprint density at radius 3 is 1.22 bits per heavy atom. The molecule has 1 heterocycles. The quantitative estimate of drug-likeness (QED) is 0.144. The highest BCUT2D eigenvalue weighted by Gasteiger charge is 2.52. The highest BCUT2D eigenvalue weighted by Crippen LogP contribution is 2.63. The molecule has 2 aliphatic carbocycles. The zero-order chi connectivity index (χ0) is 45.5. The van der Waals surface area contributed by atoms with E-state index in [-0.39, 0.29) is 5.41 Å². The lowest BCUT2D eigenvalue weighted by molar-refractivity contribution is 0.794. The van der Waals surface area contributed by atoms with Gasteiger partial charge in [-0.15, -0.1) is 0 Å². The Bertz CT molecular complexity index is 3690. The highest BCUT2D eigenvalue weighted by molar-refractivity contribution is 7.22. The molecule has 0 radical (unpaired) electrons. The van der Waals surface area contributed by atoms with Crippen LogP contribution in [0, 0.1) is 0 Å². The Hall–Kier alpha value is -8.56. The van der Waals surface area contributed by atoms with E-state index in [0.29, 0.717) is 0 Å². The maximum atomic E-state index is 2.49. The largest absolute Gasteiger partial charge is 0.311 e. The molecular weight excluding hydrogens is 847 g/mol. The van der Waals surface area contributed by atoms with Gasteiger partial charge in [0, 0.05) is 17.1 Å². The minimum absolute atomic E-state index is 0.350. The van der Waals surface area contributed by atoms with Crippen molar-refractivity contribution < 1.29 is 0 Å². The smallest absolute Gasteiger partial charge is 0.180 e. The summed E-state index contributed by atoms with van der Waals surface area (Å²) < 4.78 is 0. The van der Waals surface area contributed by atoms with E-state index in [1.54, 1.807) is 0 Å². The van der Waals surface area contributed by atoms with E-state index in [2.05, 4.69) is 278 Å². The average molecular weight is 892 g/mol. The van der Waals surface area contributed by atoms with Crippen LogP contribution in [0.3, 0.4) is 0 Å². The van der Waals surface area contributed by atoms with E-state index >= 15 is 0 Å². The number of nitrogens with zero attached hydrogens (tertiary/aromatic N) is 1. The molecule has 3 aliphatic rings. The Morgan fingerprint density at radius 2 is 0.652 bits per heavy atom. The molecular formula is C67H45NSi. The molecule has 0 atom stereocenters. The summed E-state index contributed by atoms with van der Waals surface area (Å²) in [6.45, 7) is 0. The molecule has 1 nitrogen and oxygen atoms in total. The van der Waals surface area contributed by atoms with Gasteiger partial charge in [0.05, 0.1) is 5.41 Å². The van der Waals surface area contributed by atoms with Crippen molar-refractivity contribution in [3.8, 4) is 55.6 Å². The summed E-state index contributed by atoms with van der Waals surface area (Å²) >= 11 is 0. The number of fused-ring (bicyclic) bond motifs is 13. The molecule has 0 bridgehead atoms. The van der Waals surface area contributed by atoms with Crippen molar-refractivity contribution in [3.63, 3.8) is 0 Å². The van der Waals surface area contributed by atoms with Crippen molar-refractivity contribution in [2.45, 2.75) is 5.41 Å². The van der Waals surface area contributed by atoms with E-state index in [1.165, 1.54) is 98.6 Å². The SMILES string of the molecule is c1ccc(-c2ccc(N(c3ccc(-c4ccc5c(c4)-c4ccccc4C54c5ccccc5-c5ccccc54)cc3)c3cccc([Si]4(c5ccccc5)c5ccccc5-c5ccccc54)c3)cc2)cc1. The molecule has 0 aromatic heterocycles. The van der Waals surface area contributed by atoms with Crippen LogP contribution in [0.15, 0.2) is 273 Å². The zero-order valence-electron chi connectivity index (χ0n) is 37.9. The summed E-state index contributed by atoms with van der Waals surface area (Å²) in [4.78, 5) is 2.44. The van der Waals surface area contributed by atoms with Gasteiger partial charge in [-0.2, -0.15) is 0 Å². The lowest BCUT2D eigenvalue weighted by Crippen LogP contribution is -2.72. The number of rotatable bonds is 7. The summed E-state index contributed by atoms with van der Waals surface area (Å²) in [5.41, 5.74) is 21.2. The predicted molar refractivity (Wildman–Crippen MR) is 291 cm³/mol. The third-order valence-electron chi connectivity index (χ3n) is 15.4. The molecule has 0 N–H and O–H groups in total. The summed E-state index contributed by atoms with van der Waals surface area (Å²) in [6.07, 6.45) is 0. The Balaban J connectivity index is 0.909. The maximum absolute atomic E-state index is 2.72. The van der Waals surface area contributed by atoms with Gasteiger partial charge in [-0.3, -0.25) is 0 Å². The molecule has 1 spiro atoms. The van der Waals surface area contributed by atoms with E-state index in [9.17, 15) is 0 Å². The van der Waals surface area contributed by atoms with Crippen LogP contribution in [0.2, 0.25) is 0 Å². The fourth-order valence-corrected chi connectivity index (χ4v) is 17.8. The average Bonchev–Trinajstić information content (AvgIpc) is 4.02. The van der Waals surface area contributed by atoms with E-state index < -0.39 is 8.07 Å². The van der Waals surface area contributed by atoms with Gasteiger partial charge in [0.2, 0.25) is 0 Å². The van der Waals surface area contributed by atoms with Gasteiger partial charge in [0.1, 0.15) is 0 Å². The number of benzene rings is 11. The lowest BCUT2D eigenvalue weighted by atomic mass is 9.70. The molecule has 69 heavy (non-hydrogen) atoms. The monoisotopic (exact) mass is 891 g/mol. The normalized spacial score (nSPS) is 13.7. The first kappa shape index (κ1) is 39.6. The standard InChI is InChI=1S/C67H45NSi/c1-3-18-46(19-4-1)47-34-39-50(40-35-47)68(52-20-17-23-54(45-52)69(53-21-5-2-6-22-53)65-32-15-10-27-58(65)59-28-11-16-33-66(59)69)51-41-36-48(37-42-51)49-38-43-64-60(44-49)57-26-9-14-31-63(57)67(64)61-29-12-7-24-55(61)56-25-8-13-30-62(56)67/h1-45H. The summed E-state index contributed by atoms with van der Waals surface area (Å²) in [6, 6.07) is 102. The van der Waals surface area contributed by atoms with E-state index in [4.69, 9.17) is 0 Å². The molecule has 2 heteroatoms. The Labute approximate surface area is 404 Å². The first-order valence-corrected chi connectivity index (χ1v) is 26.1. The molecule has 0 fully saturated rings. The van der Waals surface area contributed by atoms with Crippen molar-refractivity contribution in [2.75, 3.05) is 4.90 Å². The fraction of sp³-hybridized carbons (Fsp3) is 0.0149. The van der Waals surface area contributed by atoms with Crippen LogP contribution in [0.1, 0.15) is 22.3 Å². The first-order chi connectivity index (χ1) is 34.2. The lowest BCUT2D eigenvalue weighted by Gasteiger charge is -2.33. The second kappa shape index (κ2) is 15.5. The van der Waals surface area contributed by atoms with Crippen LogP contribution >= 0.6 is 0 Å². The van der Waals surface area contributed by atoms with Gasteiger partial charge in [-0.25, -0.2) is 0 Å². The number of hydrogen-bond donors (Lipinski definition) is 0. The summed E-state index contributed by atoms with van der Waals surface area (Å²) in [5.74, 6) is 0. The molecule has 11 aromatic carbocycles. The summed E-state index contributed by atoms with van der Waals surface area (Å²) in [5, 5.41) is 5.66. The van der Waals surface area contributed by atoms with Crippen LogP contribution in [-0.2, 0) is 5.41 Å². The van der Waals surface area contributed by atoms with Crippen molar-refractivity contribution in [3.05, 3.63) is 295 Å². The first-order valence-electron chi connectivity index (χ1n) is 24.1. The molecule has 0 saturated carbocycles. The molecule has 0 saturated heterocycles. The molecule has 0 amide bonds. The van der Waals surface area contributed by atoms with Gasteiger partial charge >= 0.3 is 0 Å². The zero-order valence-corrected chi connectivity index (χ0v) is 38.9. The fourth-order valence-electron chi connectivity index (χ4n) is 12.6. The van der Waals surface area contributed by atoms with Gasteiger partial charge in [0.15, 0.2) is 8.07 Å². The second-order valence-corrected chi connectivity index (χ2v) is 22.4. The van der Waals surface area contributed by atoms with Crippen LogP contribution < -0.4 is 25.6 Å². The Kier molecular flexibility index (Phi) is 8.89. The van der Waals surface area contributed by atoms with Gasteiger partial charge in [0.25, 0.3) is 0 Å². The van der Waals surface area contributed by atoms with Crippen molar-refractivity contribution in [1.82, 2.24) is 0 Å². The maximum Gasteiger partial charge on any atom is 0.180 e. The molecule has 1 aliphatic heterocycles. The Morgan fingerprint density at radius 1 is 0.246 bits per heavy atom. The van der Waals surface area contributed by atoms with Gasteiger partial charge in [-0.1, -0.05) is 231 Å². The van der Waals surface area contributed by atoms with Crippen LogP contribution in [0.5, 0.6) is 0 Å². The minimum atomic E-state index is -2.72. The van der Waals surface area contributed by atoms with E-state index in [1.807, 2.05) is 0 Å². The highest BCUT2D eigenvalue weighted by atomic mass is 28.3. The topological polar surface area (TPSA) is 3.24 Å².